The zero-order chi connectivity index (χ0) is 13.0. The van der Waals surface area contributed by atoms with Gasteiger partial charge in [-0.3, -0.25) is 4.40 Å². The normalized spacial score (nSPS) is 10.8. The molecule has 2 aromatic rings. The number of rotatable bonds is 6. The van der Waals surface area contributed by atoms with E-state index in [1.54, 1.807) is 0 Å². The molecule has 0 atom stereocenters. The van der Waals surface area contributed by atoms with E-state index in [0.717, 1.165) is 36.5 Å². The minimum Gasteiger partial charge on any atom is -0.390 e. The fourth-order valence-electron chi connectivity index (χ4n) is 2.07. The van der Waals surface area contributed by atoms with Gasteiger partial charge in [0.15, 0.2) is 5.82 Å². The summed E-state index contributed by atoms with van der Waals surface area (Å²) in [5, 5.41) is 9.52. The van der Waals surface area contributed by atoms with Gasteiger partial charge in [0.05, 0.1) is 12.3 Å². The molecule has 4 nitrogen and oxygen atoms in total. The van der Waals surface area contributed by atoms with E-state index in [-0.39, 0.29) is 6.61 Å². The van der Waals surface area contributed by atoms with E-state index in [0.29, 0.717) is 0 Å². The first kappa shape index (κ1) is 12.6. The quantitative estimate of drug-likeness (QED) is 0.626. The molecule has 0 bridgehead atoms. The molecule has 0 aliphatic carbocycles. The smallest absolute Gasteiger partial charge is 0.153 e. The molecule has 0 amide bonds. The highest BCUT2D eigenvalue weighted by molar-refractivity contribution is 5.55. The van der Waals surface area contributed by atoms with Gasteiger partial charge in [0.1, 0.15) is 5.65 Å². The van der Waals surface area contributed by atoms with Crippen LogP contribution in [0.25, 0.3) is 5.65 Å². The number of aromatic nitrogens is 2. The minimum atomic E-state index is -0.00763. The highest BCUT2D eigenvalue weighted by atomic mass is 16.3. The van der Waals surface area contributed by atoms with Gasteiger partial charge in [-0.25, -0.2) is 4.98 Å². The Morgan fingerprint density at radius 1 is 1.50 bits per heavy atom. The van der Waals surface area contributed by atoms with Crippen molar-refractivity contribution in [1.82, 2.24) is 9.38 Å². The molecule has 2 aromatic heterocycles. The highest BCUT2D eigenvalue weighted by Crippen LogP contribution is 2.21. The Morgan fingerprint density at radius 2 is 2.33 bits per heavy atom. The average molecular weight is 245 g/mol. The second-order valence-corrected chi connectivity index (χ2v) is 4.32. The second kappa shape index (κ2) is 5.69. The van der Waals surface area contributed by atoms with E-state index in [2.05, 4.69) is 16.5 Å². The molecule has 0 unspecified atom stereocenters. The monoisotopic (exact) mass is 245 g/mol. The molecule has 0 spiro atoms. The number of fused-ring (bicyclic) bond motifs is 1. The number of anilines is 1. The predicted octanol–water partition coefficient (Wildman–Crippen LogP) is 2.23. The van der Waals surface area contributed by atoms with Gasteiger partial charge in [-0.15, -0.1) is 6.58 Å². The van der Waals surface area contributed by atoms with Crippen molar-refractivity contribution in [3.63, 3.8) is 0 Å². The first-order chi connectivity index (χ1) is 8.77. The van der Waals surface area contributed by atoms with E-state index in [1.807, 2.05) is 41.9 Å². The summed E-state index contributed by atoms with van der Waals surface area (Å²) in [4.78, 5) is 6.65. The lowest BCUT2D eigenvalue weighted by Crippen LogP contribution is -2.20. The standard InChI is InChI=1S/C14H19N3O/c1-3-4-6-9-16(2)14-12(11-18)17-10-7-5-8-13(17)15-14/h3,5,7-8,10,18H,1,4,6,9,11H2,2H3. The van der Waals surface area contributed by atoms with Gasteiger partial charge in [0, 0.05) is 19.8 Å². The van der Waals surface area contributed by atoms with Crippen LogP contribution < -0.4 is 4.90 Å². The van der Waals surface area contributed by atoms with Crippen molar-refractivity contribution in [2.24, 2.45) is 0 Å². The van der Waals surface area contributed by atoms with E-state index < -0.39 is 0 Å². The van der Waals surface area contributed by atoms with Crippen molar-refractivity contribution in [3.8, 4) is 0 Å². The van der Waals surface area contributed by atoms with Gasteiger partial charge in [0.25, 0.3) is 0 Å². The summed E-state index contributed by atoms with van der Waals surface area (Å²) in [5.74, 6) is 0.854. The lowest BCUT2D eigenvalue weighted by Gasteiger charge is -2.17. The van der Waals surface area contributed by atoms with Crippen LogP contribution in [0.3, 0.4) is 0 Å². The average Bonchev–Trinajstić information content (AvgIpc) is 2.77. The van der Waals surface area contributed by atoms with Crippen LogP contribution in [0.1, 0.15) is 18.5 Å². The molecule has 2 rings (SSSR count). The Bertz CT molecular complexity index is 533. The Hall–Kier alpha value is -1.81. The Balaban J connectivity index is 2.28. The molecule has 96 valence electrons. The van der Waals surface area contributed by atoms with E-state index >= 15 is 0 Å². The number of hydrogen-bond acceptors (Lipinski definition) is 3. The molecule has 0 radical (unpaired) electrons. The second-order valence-electron chi connectivity index (χ2n) is 4.32. The van der Waals surface area contributed by atoms with Crippen LogP contribution in [-0.2, 0) is 6.61 Å². The molecular formula is C14H19N3O. The number of imidazole rings is 1. The first-order valence-electron chi connectivity index (χ1n) is 6.16. The van der Waals surface area contributed by atoms with E-state index in [4.69, 9.17) is 0 Å². The highest BCUT2D eigenvalue weighted by Gasteiger charge is 2.14. The molecule has 0 aliphatic rings. The summed E-state index contributed by atoms with van der Waals surface area (Å²) in [6, 6.07) is 5.83. The Kier molecular flexibility index (Phi) is 3.99. The molecule has 0 aliphatic heterocycles. The number of hydrogen-bond donors (Lipinski definition) is 1. The van der Waals surface area contributed by atoms with Gasteiger partial charge < -0.3 is 10.0 Å². The molecular weight excluding hydrogens is 226 g/mol. The number of aliphatic hydroxyl groups excluding tert-OH is 1. The fraction of sp³-hybridized carbons (Fsp3) is 0.357. The minimum absolute atomic E-state index is 0.00763. The van der Waals surface area contributed by atoms with Crippen LogP contribution in [0.5, 0.6) is 0 Å². The number of unbranched alkanes of at least 4 members (excludes halogenated alkanes) is 1. The third-order valence-corrected chi connectivity index (χ3v) is 3.02. The number of nitrogens with zero attached hydrogens (tertiary/aromatic N) is 3. The molecule has 2 heterocycles. The van der Waals surface area contributed by atoms with Crippen molar-refractivity contribution >= 4 is 11.5 Å². The van der Waals surface area contributed by atoms with Gasteiger partial charge in [-0.2, -0.15) is 0 Å². The first-order valence-corrected chi connectivity index (χ1v) is 6.16. The third-order valence-electron chi connectivity index (χ3n) is 3.02. The lowest BCUT2D eigenvalue weighted by molar-refractivity contribution is 0.276. The van der Waals surface area contributed by atoms with Crippen LogP contribution >= 0.6 is 0 Å². The molecule has 18 heavy (non-hydrogen) atoms. The third kappa shape index (κ3) is 2.38. The summed E-state index contributed by atoms with van der Waals surface area (Å²) in [6.45, 7) is 4.62. The largest absolute Gasteiger partial charge is 0.390 e. The maximum absolute atomic E-state index is 9.52. The van der Waals surface area contributed by atoms with E-state index in [9.17, 15) is 5.11 Å². The molecule has 0 saturated heterocycles. The molecule has 0 aromatic carbocycles. The van der Waals surface area contributed by atoms with Crippen LogP contribution in [-0.4, -0.2) is 28.1 Å². The van der Waals surface area contributed by atoms with Crippen LogP contribution in [0.4, 0.5) is 5.82 Å². The van der Waals surface area contributed by atoms with Gasteiger partial charge in [-0.1, -0.05) is 12.1 Å². The summed E-state index contributed by atoms with van der Waals surface area (Å²) in [5.41, 5.74) is 1.71. The number of pyridine rings is 1. The maximum atomic E-state index is 9.52. The zero-order valence-electron chi connectivity index (χ0n) is 10.7. The van der Waals surface area contributed by atoms with Crippen molar-refractivity contribution in [2.45, 2.75) is 19.4 Å². The van der Waals surface area contributed by atoms with Crippen molar-refractivity contribution in [2.75, 3.05) is 18.5 Å². The summed E-state index contributed by atoms with van der Waals surface area (Å²) < 4.78 is 1.93. The SMILES string of the molecule is C=CCCCN(C)c1nc2ccccn2c1CO. The summed E-state index contributed by atoms with van der Waals surface area (Å²) in [7, 11) is 2.00. The Morgan fingerprint density at radius 3 is 3.06 bits per heavy atom. The summed E-state index contributed by atoms with van der Waals surface area (Å²) in [6.07, 6.45) is 5.88. The number of aliphatic hydroxyl groups is 1. The van der Waals surface area contributed by atoms with Crippen LogP contribution in [0.2, 0.25) is 0 Å². The molecule has 0 fully saturated rings. The predicted molar refractivity (Wildman–Crippen MR) is 73.8 cm³/mol. The summed E-state index contributed by atoms with van der Waals surface area (Å²) >= 11 is 0. The Labute approximate surface area is 107 Å². The molecule has 0 saturated carbocycles. The fourth-order valence-corrected chi connectivity index (χ4v) is 2.07. The number of allylic oxidation sites excluding steroid dienone is 1. The van der Waals surface area contributed by atoms with E-state index in [1.165, 1.54) is 0 Å². The maximum Gasteiger partial charge on any atom is 0.153 e. The molecule has 4 heteroatoms. The molecule has 1 N–H and O–H groups in total. The van der Waals surface area contributed by atoms with Crippen LogP contribution in [0, 0.1) is 0 Å². The van der Waals surface area contributed by atoms with Gasteiger partial charge in [0.2, 0.25) is 0 Å². The van der Waals surface area contributed by atoms with Crippen molar-refractivity contribution < 1.29 is 5.11 Å². The topological polar surface area (TPSA) is 40.8 Å². The van der Waals surface area contributed by atoms with Crippen molar-refractivity contribution in [1.29, 1.82) is 0 Å². The van der Waals surface area contributed by atoms with Crippen LogP contribution in [0.15, 0.2) is 37.1 Å². The van der Waals surface area contributed by atoms with Gasteiger partial charge >= 0.3 is 0 Å². The lowest BCUT2D eigenvalue weighted by atomic mass is 10.3. The zero-order valence-corrected chi connectivity index (χ0v) is 10.7. The van der Waals surface area contributed by atoms with Gasteiger partial charge in [-0.05, 0) is 25.0 Å². The van der Waals surface area contributed by atoms with Crippen molar-refractivity contribution in [3.05, 3.63) is 42.7 Å².